The molecule has 2 heterocycles. The lowest BCUT2D eigenvalue weighted by Gasteiger charge is -2.26. The van der Waals surface area contributed by atoms with Crippen molar-refractivity contribution in [2.45, 2.75) is 25.9 Å². The lowest BCUT2D eigenvalue weighted by atomic mass is 9.98. The highest BCUT2D eigenvalue weighted by Gasteiger charge is 2.20. The molecule has 1 aliphatic rings. The molecule has 0 atom stereocenters. The number of nitrogens with zero attached hydrogens (tertiary/aromatic N) is 1. The number of hydrogen-bond donors (Lipinski definition) is 1. The molecule has 0 amide bonds. The molecule has 1 fully saturated rings. The van der Waals surface area contributed by atoms with Gasteiger partial charge in [0.15, 0.2) is 0 Å². The van der Waals surface area contributed by atoms with Crippen LogP contribution in [0.15, 0.2) is 48.8 Å². The lowest BCUT2D eigenvalue weighted by molar-refractivity contribution is 0.162. The van der Waals surface area contributed by atoms with Gasteiger partial charge in [0.05, 0.1) is 0 Å². The SMILES string of the molecule is Cc1cc(Cl)cc(-c2cncc3ccccc23)c1OC1CCNCC1. The summed E-state index contributed by atoms with van der Waals surface area (Å²) in [5.41, 5.74) is 3.15. The molecule has 3 nitrogen and oxygen atoms in total. The third kappa shape index (κ3) is 3.35. The molecule has 1 aliphatic heterocycles. The average Bonchev–Trinajstić information content (AvgIpc) is 2.64. The van der Waals surface area contributed by atoms with Crippen LogP contribution in [0.1, 0.15) is 18.4 Å². The minimum Gasteiger partial charge on any atom is -0.489 e. The Labute approximate surface area is 153 Å². The van der Waals surface area contributed by atoms with Gasteiger partial charge in [-0.15, -0.1) is 0 Å². The van der Waals surface area contributed by atoms with Gasteiger partial charge in [0, 0.05) is 33.9 Å². The number of nitrogens with one attached hydrogen (secondary N) is 1. The van der Waals surface area contributed by atoms with Gasteiger partial charge in [-0.25, -0.2) is 0 Å². The maximum atomic E-state index is 6.45. The minimum absolute atomic E-state index is 0.239. The summed E-state index contributed by atoms with van der Waals surface area (Å²) < 4.78 is 6.45. The molecule has 0 aliphatic carbocycles. The fraction of sp³-hybridized carbons (Fsp3) is 0.286. The second-order valence-electron chi connectivity index (χ2n) is 6.57. The van der Waals surface area contributed by atoms with Crippen LogP contribution in [0.3, 0.4) is 0 Å². The van der Waals surface area contributed by atoms with Gasteiger partial charge in [-0.2, -0.15) is 0 Å². The number of fused-ring (bicyclic) bond motifs is 1. The Kier molecular flexibility index (Phi) is 4.60. The van der Waals surface area contributed by atoms with Gasteiger partial charge in [-0.3, -0.25) is 4.98 Å². The van der Waals surface area contributed by atoms with E-state index >= 15 is 0 Å². The van der Waals surface area contributed by atoms with Crippen molar-refractivity contribution < 1.29 is 4.74 Å². The molecule has 25 heavy (non-hydrogen) atoms. The molecular weight excluding hydrogens is 332 g/mol. The van der Waals surface area contributed by atoms with E-state index in [1.165, 1.54) is 0 Å². The minimum atomic E-state index is 0.239. The molecular formula is C21H21ClN2O. The summed E-state index contributed by atoms with van der Waals surface area (Å²) >= 11 is 6.38. The molecule has 0 radical (unpaired) electrons. The van der Waals surface area contributed by atoms with E-state index in [9.17, 15) is 0 Å². The molecule has 0 spiro atoms. The Morgan fingerprint density at radius 1 is 1.08 bits per heavy atom. The molecule has 0 bridgehead atoms. The van der Waals surface area contributed by atoms with E-state index in [-0.39, 0.29) is 6.10 Å². The number of aromatic nitrogens is 1. The quantitative estimate of drug-likeness (QED) is 0.720. The van der Waals surface area contributed by atoms with E-state index in [0.717, 1.165) is 64.2 Å². The maximum Gasteiger partial charge on any atom is 0.130 e. The zero-order valence-electron chi connectivity index (χ0n) is 14.3. The Morgan fingerprint density at radius 2 is 1.88 bits per heavy atom. The Balaban J connectivity index is 1.85. The number of halogens is 1. The highest BCUT2D eigenvalue weighted by Crippen LogP contribution is 2.39. The van der Waals surface area contributed by atoms with Gasteiger partial charge in [0.2, 0.25) is 0 Å². The first-order valence-electron chi connectivity index (χ1n) is 8.73. The van der Waals surface area contributed by atoms with Crippen molar-refractivity contribution in [1.29, 1.82) is 0 Å². The standard InChI is InChI=1S/C21H21ClN2O/c1-14-10-16(22)11-19(21(14)25-17-6-8-23-9-7-17)20-13-24-12-15-4-2-3-5-18(15)20/h2-5,10-13,17,23H,6-9H2,1H3. The molecule has 4 heteroatoms. The summed E-state index contributed by atoms with van der Waals surface area (Å²) in [4.78, 5) is 4.43. The van der Waals surface area contributed by atoms with Gasteiger partial charge in [-0.05, 0) is 55.9 Å². The molecule has 0 saturated carbocycles. The maximum absolute atomic E-state index is 6.45. The van der Waals surface area contributed by atoms with Crippen molar-refractivity contribution in [2.75, 3.05) is 13.1 Å². The van der Waals surface area contributed by atoms with Crippen LogP contribution >= 0.6 is 11.6 Å². The fourth-order valence-electron chi connectivity index (χ4n) is 3.50. The van der Waals surface area contributed by atoms with Crippen LogP contribution in [-0.4, -0.2) is 24.2 Å². The Morgan fingerprint density at radius 3 is 2.72 bits per heavy atom. The normalized spacial score (nSPS) is 15.4. The Bertz CT molecular complexity index is 898. The summed E-state index contributed by atoms with van der Waals surface area (Å²) in [5, 5.41) is 6.38. The van der Waals surface area contributed by atoms with E-state index in [1.54, 1.807) is 0 Å². The summed E-state index contributed by atoms with van der Waals surface area (Å²) in [6.45, 7) is 4.06. The molecule has 1 aromatic heterocycles. The number of aryl methyl sites for hydroxylation is 1. The van der Waals surface area contributed by atoms with Gasteiger partial charge in [-0.1, -0.05) is 35.9 Å². The highest BCUT2D eigenvalue weighted by atomic mass is 35.5. The first-order valence-corrected chi connectivity index (χ1v) is 9.11. The van der Waals surface area contributed by atoms with Gasteiger partial charge in [0.1, 0.15) is 11.9 Å². The van der Waals surface area contributed by atoms with Crippen LogP contribution in [-0.2, 0) is 0 Å². The first-order chi connectivity index (χ1) is 12.2. The predicted octanol–water partition coefficient (Wildman–Crippen LogP) is 4.99. The number of rotatable bonds is 3. The summed E-state index contributed by atoms with van der Waals surface area (Å²) in [7, 11) is 0. The Hall–Kier alpha value is -2.10. The lowest BCUT2D eigenvalue weighted by Crippen LogP contribution is -2.34. The number of ether oxygens (including phenoxy) is 1. The molecule has 1 N–H and O–H groups in total. The van der Waals surface area contributed by atoms with Gasteiger partial charge in [0.25, 0.3) is 0 Å². The number of piperidine rings is 1. The van der Waals surface area contributed by atoms with Crippen molar-refractivity contribution >= 4 is 22.4 Å². The topological polar surface area (TPSA) is 34.1 Å². The number of benzene rings is 2. The van der Waals surface area contributed by atoms with Crippen molar-refractivity contribution in [3.05, 3.63) is 59.4 Å². The monoisotopic (exact) mass is 352 g/mol. The van der Waals surface area contributed by atoms with E-state index < -0.39 is 0 Å². The largest absolute Gasteiger partial charge is 0.489 e. The average molecular weight is 353 g/mol. The third-order valence-electron chi connectivity index (χ3n) is 4.77. The zero-order chi connectivity index (χ0) is 17.2. The number of hydrogen-bond acceptors (Lipinski definition) is 3. The molecule has 4 rings (SSSR count). The molecule has 128 valence electrons. The first kappa shape index (κ1) is 16.4. The summed E-state index contributed by atoms with van der Waals surface area (Å²) in [5.74, 6) is 0.925. The second kappa shape index (κ2) is 7.03. The predicted molar refractivity (Wildman–Crippen MR) is 103 cm³/mol. The van der Waals surface area contributed by atoms with E-state index in [1.807, 2.05) is 30.6 Å². The molecule has 0 unspecified atom stereocenters. The van der Waals surface area contributed by atoms with Gasteiger partial charge < -0.3 is 10.1 Å². The number of pyridine rings is 1. The van der Waals surface area contributed by atoms with Crippen molar-refractivity contribution in [2.24, 2.45) is 0 Å². The van der Waals surface area contributed by atoms with Crippen molar-refractivity contribution in [3.63, 3.8) is 0 Å². The fourth-order valence-corrected chi connectivity index (χ4v) is 3.77. The van der Waals surface area contributed by atoms with E-state index in [4.69, 9.17) is 16.3 Å². The molecule has 2 aromatic carbocycles. The highest BCUT2D eigenvalue weighted by molar-refractivity contribution is 6.31. The van der Waals surface area contributed by atoms with Crippen LogP contribution in [0.4, 0.5) is 0 Å². The zero-order valence-corrected chi connectivity index (χ0v) is 15.0. The van der Waals surface area contributed by atoms with Gasteiger partial charge >= 0.3 is 0 Å². The van der Waals surface area contributed by atoms with Crippen LogP contribution in [0.2, 0.25) is 5.02 Å². The molecule has 1 saturated heterocycles. The second-order valence-corrected chi connectivity index (χ2v) is 7.01. The van der Waals surface area contributed by atoms with Crippen molar-refractivity contribution in [1.82, 2.24) is 10.3 Å². The van der Waals surface area contributed by atoms with Crippen LogP contribution < -0.4 is 10.1 Å². The summed E-state index contributed by atoms with van der Waals surface area (Å²) in [6, 6.07) is 12.3. The van der Waals surface area contributed by atoms with E-state index in [0.29, 0.717) is 0 Å². The van der Waals surface area contributed by atoms with Crippen LogP contribution in [0.25, 0.3) is 21.9 Å². The van der Waals surface area contributed by atoms with Crippen LogP contribution in [0, 0.1) is 6.92 Å². The van der Waals surface area contributed by atoms with Crippen molar-refractivity contribution in [3.8, 4) is 16.9 Å². The van der Waals surface area contributed by atoms with Crippen LogP contribution in [0.5, 0.6) is 5.75 Å². The van der Waals surface area contributed by atoms with E-state index in [2.05, 4.69) is 35.4 Å². The molecule has 3 aromatic rings. The summed E-state index contributed by atoms with van der Waals surface area (Å²) in [6.07, 6.45) is 6.08. The smallest absolute Gasteiger partial charge is 0.130 e. The third-order valence-corrected chi connectivity index (χ3v) is 4.99.